The minimum absolute atomic E-state index is 0.144. The fourth-order valence-corrected chi connectivity index (χ4v) is 3.16. The summed E-state index contributed by atoms with van der Waals surface area (Å²) in [5.41, 5.74) is 1.56. The van der Waals surface area contributed by atoms with E-state index < -0.39 is 0 Å². The molecule has 9 heteroatoms. The van der Waals surface area contributed by atoms with E-state index in [0.717, 1.165) is 11.3 Å². The predicted molar refractivity (Wildman–Crippen MR) is 109 cm³/mol. The Morgan fingerprint density at radius 1 is 1.25 bits per heavy atom. The van der Waals surface area contributed by atoms with Crippen molar-refractivity contribution >= 4 is 35.0 Å². The Labute approximate surface area is 171 Å². The molecule has 0 aliphatic rings. The fourth-order valence-electron chi connectivity index (χ4n) is 2.37. The number of carbonyl (C=O) groups excluding carboxylic acids is 1. The molecular weight excluding hydrogens is 400 g/mol. The van der Waals surface area contributed by atoms with Crippen LogP contribution in [0.3, 0.4) is 0 Å². The van der Waals surface area contributed by atoms with E-state index in [9.17, 15) is 4.79 Å². The summed E-state index contributed by atoms with van der Waals surface area (Å²) in [5, 5.41) is 10.7. The first-order chi connectivity index (χ1) is 13.5. The van der Waals surface area contributed by atoms with Gasteiger partial charge in [0.2, 0.25) is 11.1 Å². The number of ether oxygens (including phenoxy) is 2. The van der Waals surface area contributed by atoms with Crippen molar-refractivity contribution < 1.29 is 14.3 Å². The molecule has 0 atom stereocenters. The summed E-state index contributed by atoms with van der Waals surface area (Å²) >= 11 is 7.18. The Morgan fingerprint density at radius 2 is 2.07 bits per heavy atom. The van der Waals surface area contributed by atoms with Gasteiger partial charge in [0.05, 0.1) is 18.6 Å². The van der Waals surface area contributed by atoms with Crippen LogP contribution in [0.15, 0.2) is 47.6 Å². The molecule has 3 rings (SSSR count). The van der Waals surface area contributed by atoms with Crippen LogP contribution >= 0.6 is 23.4 Å². The first-order valence-corrected chi connectivity index (χ1v) is 9.77. The number of hydrogen-bond donors (Lipinski definition) is 2. The molecule has 0 fully saturated rings. The molecule has 0 saturated heterocycles. The Balaban J connectivity index is 1.51. The van der Waals surface area contributed by atoms with Crippen LogP contribution in [0.4, 0.5) is 5.69 Å². The van der Waals surface area contributed by atoms with E-state index in [1.54, 1.807) is 18.2 Å². The highest BCUT2D eigenvalue weighted by Gasteiger charge is 2.11. The number of halogens is 1. The Kier molecular flexibility index (Phi) is 6.78. The lowest BCUT2D eigenvalue weighted by molar-refractivity contribution is -0.113. The van der Waals surface area contributed by atoms with Gasteiger partial charge >= 0.3 is 0 Å². The lowest BCUT2D eigenvalue weighted by Crippen LogP contribution is -2.14. The van der Waals surface area contributed by atoms with Gasteiger partial charge in [0.15, 0.2) is 5.82 Å². The van der Waals surface area contributed by atoms with Crippen LogP contribution in [-0.2, 0) is 11.4 Å². The van der Waals surface area contributed by atoms with Crippen molar-refractivity contribution in [2.24, 2.45) is 0 Å². The smallest absolute Gasteiger partial charge is 0.234 e. The number of amides is 1. The van der Waals surface area contributed by atoms with E-state index in [4.69, 9.17) is 21.1 Å². The third-order valence-electron chi connectivity index (χ3n) is 3.74. The highest BCUT2D eigenvalue weighted by atomic mass is 35.5. The maximum absolute atomic E-state index is 12.2. The van der Waals surface area contributed by atoms with Gasteiger partial charge < -0.3 is 14.8 Å². The zero-order valence-corrected chi connectivity index (χ0v) is 16.9. The van der Waals surface area contributed by atoms with Gasteiger partial charge in [-0.3, -0.25) is 9.89 Å². The number of anilines is 1. The minimum atomic E-state index is -0.215. The number of hydrogen-bond acceptors (Lipinski definition) is 6. The van der Waals surface area contributed by atoms with Gasteiger partial charge in [0.1, 0.15) is 18.1 Å². The second-order valence-electron chi connectivity index (χ2n) is 5.80. The van der Waals surface area contributed by atoms with E-state index >= 15 is 0 Å². The summed E-state index contributed by atoms with van der Waals surface area (Å²) in [5.74, 6) is 1.85. The molecule has 0 bridgehead atoms. The first-order valence-electron chi connectivity index (χ1n) is 8.41. The molecule has 1 heterocycles. The molecule has 0 spiro atoms. The monoisotopic (exact) mass is 418 g/mol. The number of carbonyl (C=O) groups is 1. The van der Waals surface area contributed by atoms with Crippen LogP contribution in [0, 0.1) is 6.92 Å². The summed E-state index contributed by atoms with van der Waals surface area (Å²) in [7, 11) is 1.53. The van der Waals surface area contributed by atoms with E-state index in [2.05, 4.69) is 20.5 Å². The summed E-state index contributed by atoms with van der Waals surface area (Å²) < 4.78 is 10.9. The molecule has 28 heavy (non-hydrogen) atoms. The molecule has 0 aliphatic carbocycles. The molecule has 1 amide bonds. The first kappa shape index (κ1) is 20.0. The number of nitrogens with one attached hydrogen (secondary N) is 2. The van der Waals surface area contributed by atoms with Crippen molar-refractivity contribution in [2.75, 3.05) is 18.2 Å². The quantitative estimate of drug-likeness (QED) is 0.536. The highest BCUT2D eigenvalue weighted by molar-refractivity contribution is 7.99. The van der Waals surface area contributed by atoms with Crippen molar-refractivity contribution in [1.29, 1.82) is 0 Å². The van der Waals surface area contributed by atoms with Gasteiger partial charge in [-0.25, -0.2) is 4.98 Å². The van der Waals surface area contributed by atoms with Crippen molar-refractivity contribution in [2.45, 2.75) is 18.7 Å². The lowest BCUT2D eigenvalue weighted by Gasteiger charge is -2.09. The lowest BCUT2D eigenvalue weighted by atomic mass is 10.2. The second kappa shape index (κ2) is 9.48. The molecule has 2 aromatic carbocycles. The van der Waals surface area contributed by atoms with E-state index in [-0.39, 0.29) is 18.3 Å². The molecule has 0 aliphatic heterocycles. The number of para-hydroxylation sites is 1. The Morgan fingerprint density at radius 3 is 2.86 bits per heavy atom. The molecule has 146 valence electrons. The number of H-pyrrole nitrogens is 1. The number of thioether (sulfide) groups is 1. The zero-order chi connectivity index (χ0) is 19.9. The van der Waals surface area contributed by atoms with Gasteiger partial charge in [0.25, 0.3) is 0 Å². The van der Waals surface area contributed by atoms with Crippen LogP contribution < -0.4 is 14.8 Å². The molecule has 1 aromatic heterocycles. The topological polar surface area (TPSA) is 89.1 Å². The molecule has 2 N–H and O–H groups in total. The van der Waals surface area contributed by atoms with E-state index in [1.807, 2.05) is 31.2 Å². The van der Waals surface area contributed by atoms with Gasteiger partial charge in [-0.15, -0.1) is 5.10 Å². The van der Waals surface area contributed by atoms with Gasteiger partial charge in [-0.2, -0.15) is 0 Å². The number of nitrogens with zero attached hydrogens (tertiary/aromatic N) is 2. The Bertz CT molecular complexity index is 964. The predicted octanol–water partition coefficient (Wildman–Crippen LogP) is 4.08. The number of aromatic nitrogens is 3. The highest BCUT2D eigenvalue weighted by Crippen LogP contribution is 2.28. The number of methoxy groups -OCH3 is 1. The standard InChI is InChI=1S/C19H19ClN4O3S/c1-12-5-3-4-6-15(12)27-10-17-22-19(24-23-17)28-11-18(25)21-14-9-13(20)7-8-16(14)26-2/h3-9H,10-11H2,1-2H3,(H,21,25)(H,22,23,24). The Hall–Kier alpha value is -2.71. The number of benzene rings is 2. The number of aromatic amines is 1. The average molecular weight is 419 g/mol. The van der Waals surface area contributed by atoms with Gasteiger partial charge in [-0.1, -0.05) is 41.6 Å². The van der Waals surface area contributed by atoms with Gasteiger partial charge in [0, 0.05) is 5.02 Å². The van der Waals surface area contributed by atoms with Crippen LogP contribution in [0.1, 0.15) is 11.4 Å². The SMILES string of the molecule is COc1ccc(Cl)cc1NC(=O)CSc1n[nH]c(COc2ccccc2C)n1. The maximum atomic E-state index is 12.2. The largest absolute Gasteiger partial charge is 0.495 e. The minimum Gasteiger partial charge on any atom is -0.495 e. The summed E-state index contributed by atoms with van der Waals surface area (Å²) in [4.78, 5) is 16.5. The average Bonchev–Trinajstić information content (AvgIpc) is 3.14. The van der Waals surface area contributed by atoms with Crippen molar-refractivity contribution in [3.05, 3.63) is 58.9 Å². The molecule has 0 unspecified atom stereocenters. The molecule has 0 saturated carbocycles. The zero-order valence-electron chi connectivity index (χ0n) is 15.4. The fraction of sp³-hybridized carbons (Fsp3) is 0.211. The molecule has 0 radical (unpaired) electrons. The van der Waals surface area contributed by atoms with E-state index in [1.165, 1.54) is 18.9 Å². The van der Waals surface area contributed by atoms with E-state index in [0.29, 0.717) is 27.4 Å². The third kappa shape index (κ3) is 5.40. The third-order valence-corrected chi connectivity index (χ3v) is 4.82. The van der Waals surface area contributed by atoms with Crippen LogP contribution in [-0.4, -0.2) is 34.0 Å². The maximum Gasteiger partial charge on any atom is 0.234 e. The van der Waals surface area contributed by atoms with Gasteiger partial charge in [-0.05, 0) is 36.8 Å². The summed E-state index contributed by atoms with van der Waals surface area (Å²) in [6.45, 7) is 2.24. The van der Waals surface area contributed by atoms with Crippen LogP contribution in [0.25, 0.3) is 0 Å². The van der Waals surface area contributed by atoms with Crippen molar-refractivity contribution in [1.82, 2.24) is 15.2 Å². The van der Waals surface area contributed by atoms with Crippen molar-refractivity contribution in [3.63, 3.8) is 0 Å². The summed E-state index contributed by atoms with van der Waals surface area (Å²) in [6, 6.07) is 12.8. The number of aryl methyl sites for hydroxylation is 1. The molecule has 7 nitrogen and oxygen atoms in total. The molecular formula is C19H19ClN4O3S. The normalized spacial score (nSPS) is 10.5. The van der Waals surface area contributed by atoms with Crippen LogP contribution in [0.2, 0.25) is 5.02 Å². The second-order valence-corrected chi connectivity index (χ2v) is 7.18. The molecule has 3 aromatic rings. The van der Waals surface area contributed by atoms with Crippen LogP contribution in [0.5, 0.6) is 11.5 Å². The van der Waals surface area contributed by atoms with Crippen molar-refractivity contribution in [3.8, 4) is 11.5 Å². The number of rotatable bonds is 8. The summed E-state index contributed by atoms with van der Waals surface area (Å²) in [6.07, 6.45) is 0.